The van der Waals surface area contributed by atoms with Gasteiger partial charge >= 0.3 is 11.9 Å². The van der Waals surface area contributed by atoms with Crippen LogP contribution in [-0.4, -0.2) is 19.0 Å². The molecule has 1 aromatic carbocycles. The minimum Gasteiger partial charge on any atom is -0.462 e. The van der Waals surface area contributed by atoms with Gasteiger partial charge in [0, 0.05) is 5.69 Å². The molecule has 0 aliphatic heterocycles. The lowest BCUT2D eigenvalue weighted by Crippen LogP contribution is -2.23. The summed E-state index contributed by atoms with van der Waals surface area (Å²) < 4.78 is 4.35. The maximum absolute atomic E-state index is 11.4. The van der Waals surface area contributed by atoms with E-state index in [1.807, 2.05) is 19.1 Å². The summed E-state index contributed by atoms with van der Waals surface area (Å²) in [7, 11) is 1.18. The van der Waals surface area contributed by atoms with Crippen LogP contribution in [0.3, 0.4) is 0 Å². The van der Waals surface area contributed by atoms with Crippen molar-refractivity contribution in [2.24, 2.45) is 0 Å². The third-order valence-electron chi connectivity index (χ3n) is 2.78. The van der Waals surface area contributed by atoms with Gasteiger partial charge in [-0.3, -0.25) is 4.79 Å². The fraction of sp³-hybridized carbons (Fsp3) is 0.429. The molecule has 4 heteroatoms. The molecule has 0 saturated carbocycles. The number of methoxy groups -OCH3 is 1. The average Bonchev–Trinajstić information content (AvgIpc) is 2.38. The van der Waals surface area contributed by atoms with Gasteiger partial charge in [0.1, 0.15) is 0 Å². The Kier molecular flexibility index (Phi) is 5.36. The molecule has 0 heterocycles. The van der Waals surface area contributed by atoms with Gasteiger partial charge in [-0.15, -0.1) is 0 Å². The van der Waals surface area contributed by atoms with Crippen LogP contribution in [0.4, 0.5) is 5.69 Å². The number of hydrogen-bond acceptors (Lipinski definition) is 3. The van der Waals surface area contributed by atoms with Crippen molar-refractivity contribution in [2.75, 3.05) is 12.4 Å². The lowest BCUT2D eigenvalue weighted by atomic mass is 10.0. The van der Waals surface area contributed by atoms with Crippen LogP contribution in [0.25, 0.3) is 0 Å². The molecule has 98 valence electrons. The maximum atomic E-state index is 11.4. The largest absolute Gasteiger partial charge is 0.462 e. The molecule has 0 unspecified atom stereocenters. The molecule has 0 aliphatic carbocycles. The molecule has 0 bridgehead atoms. The molecule has 0 radical (unpaired) electrons. The minimum atomic E-state index is -0.884. The highest BCUT2D eigenvalue weighted by Gasteiger charge is 2.13. The lowest BCUT2D eigenvalue weighted by molar-refractivity contribution is -0.150. The molecule has 1 N–H and O–H groups in total. The Bertz CT molecular complexity index is 441. The number of nitrogens with one attached hydrogen (secondary N) is 1. The van der Waals surface area contributed by atoms with Crippen molar-refractivity contribution in [1.29, 1.82) is 0 Å². The molecule has 4 nitrogen and oxygen atoms in total. The first-order valence-corrected chi connectivity index (χ1v) is 6.07. The van der Waals surface area contributed by atoms with E-state index in [-0.39, 0.29) is 0 Å². The number of hydrogen-bond donors (Lipinski definition) is 1. The second kappa shape index (κ2) is 6.79. The predicted octanol–water partition coefficient (Wildman–Crippen LogP) is 2.45. The number of anilines is 1. The van der Waals surface area contributed by atoms with Crippen molar-refractivity contribution < 1.29 is 14.3 Å². The zero-order valence-corrected chi connectivity index (χ0v) is 11.1. The molecule has 1 aromatic rings. The highest BCUT2D eigenvalue weighted by Crippen LogP contribution is 2.17. The average molecular weight is 249 g/mol. The fourth-order valence-electron chi connectivity index (χ4n) is 1.66. The number of aryl methyl sites for hydroxylation is 2. The Labute approximate surface area is 107 Å². The summed E-state index contributed by atoms with van der Waals surface area (Å²) in [5, 5.41) is 2.52. The zero-order chi connectivity index (χ0) is 13.5. The molecular weight excluding hydrogens is 230 g/mol. The van der Waals surface area contributed by atoms with Gasteiger partial charge in [-0.2, -0.15) is 0 Å². The lowest BCUT2D eigenvalue weighted by Gasteiger charge is -2.09. The molecule has 0 aliphatic rings. The maximum Gasteiger partial charge on any atom is 0.396 e. The van der Waals surface area contributed by atoms with Crippen LogP contribution in [0.1, 0.15) is 30.9 Å². The molecule has 0 aromatic heterocycles. The summed E-state index contributed by atoms with van der Waals surface area (Å²) in [6.07, 6.45) is 3.21. The van der Waals surface area contributed by atoms with Gasteiger partial charge in [0.15, 0.2) is 0 Å². The summed E-state index contributed by atoms with van der Waals surface area (Å²) in [4.78, 5) is 22.4. The van der Waals surface area contributed by atoms with Crippen molar-refractivity contribution >= 4 is 17.6 Å². The molecule has 0 atom stereocenters. The second-order valence-electron chi connectivity index (χ2n) is 4.19. The summed E-state index contributed by atoms with van der Waals surface area (Å²) in [6, 6.07) is 5.63. The van der Waals surface area contributed by atoms with Crippen molar-refractivity contribution in [3.63, 3.8) is 0 Å². The standard InChI is InChI=1S/C14H19NO3/c1-4-5-6-11-9-12(8-7-10(11)2)15-13(16)14(17)18-3/h7-9H,4-6H2,1-3H3,(H,15,16). The summed E-state index contributed by atoms with van der Waals surface area (Å²) in [5.74, 6) is -1.63. The monoisotopic (exact) mass is 249 g/mol. The third-order valence-corrected chi connectivity index (χ3v) is 2.78. The first-order valence-electron chi connectivity index (χ1n) is 6.07. The molecule has 1 rings (SSSR count). The van der Waals surface area contributed by atoms with Crippen LogP contribution in [-0.2, 0) is 20.7 Å². The van der Waals surface area contributed by atoms with Gasteiger partial charge in [0.05, 0.1) is 7.11 Å². The summed E-state index contributed by atoms with van der Waals surface area (Å²) in [6.45, 7) is 4.18. The fourth-order valence-corrected chi connectivity index (χ4v) is 1.66. The Morgan fingerprint density at radius 2 is 2.06 bits per heavy atom. The van der Waals surface area contributed by atoms with Crippen LogP contribution < -0.4 is 5.32 Å². The molecular formula is C14H19NO3. The van der Waals surface area contributed by atoms with E-state index in [2.05, 4.69) is 17.0 Å². The van der Waals surface area contributed by atoms with Gasteiger partial charge in [-0.05, 0) is 43.0 Å². The molecule has 0 spiro atoms. The van der Waals surface area contributed by atoms with Crippen molar-refractivity contribution in [1.82, 2.24) is 0 Å². The second-order valence-corrected chi connectivity index (χ2v) is 4.19. The van der Waals surface area contributed by atoms with Crippen molar-refractivity contribution in [3.8, 4) is 0 Å². The Balaban J connectivity index is 2.78. The number of carbonyl (C=O) groups is 2. The van der Waals surface area contributed by atoms with E-state index in [9.17, 15) is 9.59 Å². The van der Waals surface area contributed by atoms with E-state index in [1.165, 1.54) is 18.2 Å². The van der Waals surface area contributed by atoms with E-state index in [0.717, 1.165) is 19.3 Å². The van der Waals surface area contributed by atoms with Gasteiger partial charge in [-0.25, -0.2) is 4.79 Å². The number of unbranched alkanes of at least 4 members (excludes halogenated alkanes) is 1. The van der Waals surface area contributed by atoms with Crippen LogP contribution in [0, 0.1) is 6.92 Å². The molecule has 18 heavy (non-hydrogen) atoms. The Hall–Kier alpha value is -1.84. The number of rotatable bonds is 4. The van der Waals surface area contributed by atoms with E-state index in [0.29, 0.717) is 5.69 Å². The van der Waals surface area contributed by atoms with Crippen LogP contribution in [0.2, 0.25) is 0 Å². The minimum absolute atomic E-state index is 0.627. The Morgan fingerprint density at radius 3 is 2.67 bits per heavy atom. The topological polar surface area (TPSA) is 55.4 Å². The van der Waals surface area contributed by atoms with E-state index < -0.39 is 11.9 Å². The van der Waals surface area contributed by atoms with Gasteiger partial charge < -0.3 is 10.1 Å². The number of benzene rings is 1. The molecule has 0 fully saturated rings. The number of ether oxygens (including phenoxy) is 1. The Morgan fingerprint density at radius 1 is 1.33 bits per heavy atom. The normalized spacial score (nSPS) is 9.94. The number of amides is 1. The number of carbonyl (C=O) groups excluding carboxylic acids is 2. The van der Waals surface area contributed by atoms with Crippen LogP contribution >= 0.6 is 0 Å². The van der Waals surface area contributed by atoms with Gasteiger partial charge in [0.25, 0.3) is 0 Å². The van der Waals surface area contributed by atoms with Crippen molar-refractivity contribution in [2.45, 2.75) is 33.1 Å². The third kappa shape index (κ3) is 3.87. The summed E-state index contributed by atoms with van der Waals surface area (Å²) >= 11 is 0. The smallest absolute Gasteiger partial charge is 0.396 e. The summed E-state index contributed by atoms with van der Waals surface area (Å²) in [5.41, 5.74) is 3.01. The van der Waals surface area contributed by atoms with Crippen molar-refractivity contribution in [3.05, 3.63) is 29.3 Å². The van der Waals surface area contributed by atoms with E-state index in [1.54, 1.807) is 6.07 Å². The zero-order valence-electron chi connectivity index (χ0n) is 11.1. The predicted molar refractivity (Wildman–Crippen MR) is 70.4 cm³/mol. The molecule has 1 amide bonds. The van der Waals surface area contributed by atoms with Gasteiger partial charge in [-0.1, -0.05) is 19.4 Å². The van der Waals surface area contributed by atoms with E-state index in [4.69, 9.17) is 0 Å². The number of esters is 1. The van der Waals surface area contributed by atoms with Crippen LogP contribution in [0.15, 0.2) is 18.2 Å². The molecule has 0 saturated heterocycles. The van der Waals surface area contributed by atoms with Gasteiger partial charge in [0.2, 0.25) is 0 Å². The quantitative estimate of drug-likeness (QED) is 0.658. The SMILES string of the molecule is CCCCc1cc(NC(=O)C(=O)OC)ccc1C. The first-order chi connectivity index (χ1) is 8.58. The first kappa shape index (κ1) is 14.2. The highest BCUT2D eigenvalue weighted by molar-refractivity contribution is 6.37. The van der Waals surface area contributed by atoms with E-state index >= 15 is 0 Å². The van der Waals surface area contributed by atoms with Crippen LogP contribution in [0.5, 0.6) is 0 Å². The highest BCUT2D eigenvalue weighted by atomic mass is 16.5.